The van der Waals surface area contributed by atoms with Gasteiger partial charge >= 0.3 is 6.36 Å². The number of halogens is 5. The quantitative estimate of drug-likeness (QED) is 0.317. The minimum Gasteiger partial charge on any atom is -0.472 e. The van der Waals surface area contributed by atoms with Crippen LogP contribution in [0.4, 0.5) is 33.5 Å². The number of nitrogens with two attached hydrogens (primary N) is 1. The van der Waals surface area contributed by atoms with Crippen molar-refractivity contribution >= 4 is 28.2 Å². The maximum atomic E-state index is 16.5. The zero-order valence-corrected chi connectivity index (χ0v) is 22.5. The molecule has 4 atom stereocenters. The van der Waals surface area contributed by atoms with Crippen LogP contribution in [0.5, 0.6) is 11.6 Å². The third kappa shape index (κ3) is 4.10. The smallest absolute Gasteiger partial charge is 0.472 e. The van der Waals surface area contributed by atoms with Gasteiger partial charge in [-0.2, -0.15) is 0 Å². The number of carbonyl (C=O) groups is 1. The van der Waals surface area contributed by atoms with Gasteiger partial charge in [0.15, 0.2) is 17.4 Å². The summed E-state index contributed by atoms with van der Waals surface area (Å²) in [5.74, 6) is -3.63. The van der Waals surface area contributed by atoms with Gasteiger partial charge in [0, 0.05) is 42.5 Å². The molecule has 6 rings (SSSR count). The first-order valence-electron chi connectivity index (χ1n) is 13.0. The largest absolute Gasteiger partial charge is 0.573 e. The molecule has 2 saturated heterocycles. The van der Waals surface area contributed by atoms with Gasteiger partial charge in [-0.15, -0.1) is 13.2 Å². The average Bonchev–Trinajstić information content (AvgIpc) is 3.19. The van der Waals surface area contributed by atoms with E-state index in [2.05, 4.69) is 20.4 Å². The van der Waals surface area contributed by atoms with E-state index in [4.69, 9.17) is 15.5 Å². The molecule has 0 radical (unpaired) electrons. The Morgan fingerprint density at radius 2 is 1.98 bits per heavy atom. The van der Waals surface area contributed by atoms with E-state index in [1.165, 1.54) is 0 Å². The minimum atomic E-state index is -5.27. The molecular formula is C27H27F5N6O3. The van der Waals surface area contributed by atoms with Crippen LogP contribution >= 0.6 is 0 Å². The minimum absolute atomic E-state index is 0.000939. The molecular weight excluding hydrogens is 551 g/mol. The monoisotopic (exact) mass is 578 g/mol. The molecule has 0 aliphatic carbocycles. The summed E-state index contributed by atoms with van der Waals surface area (Å²) in [6.07, 6.45) is -4.59. The molecule has 0 spiro atoms. The lowest BCUT2D eigenvalue weighted by Crippen LogP contribution is -2.71. The van der Waals surface area contributed by atoms with Gasteiger partial charge in [-0.05, 0) is 45.2 Å². The highest BCUT2D eigenvalue weighted by Gasteiger charge is 2.56. The second-order valence-electron chi connectivity index (χ2n) is 10.8. The number of nitrogens with zero attached hydrogens (tertiary/aromatic N) is 3. The van der Waals surface area contributed by atoms with Crippen molar-refractivity contribution in [3.05, 3.63) is 35.0 Å². The van der Waals surface area contributed by atoms with E-state index in [9.17, 15) is 22.4 Å². The van der Waals surface area contributed by atoms with E-state index in [-0.39, 0.29) is 46.9 Å². The number of aromatic nitrogens is 2. The zero-order valence-electron chi connectivity index (χ0n) is 22.5. The molecule has 4 unspecified atom stereocenters. The molecule has 3 aromatic rings. The molecule has 3 aliphatic rings. The second-order valence-corrected chi connectivity index (χ2v) is 10.8. The summed E-state index contributed by atoms with van der Waals surface area (Å²) in [5.41, 5.74) is 4.19. The predicted octanol–water partition coefficient (Wildman–Crippen LogP) is 3.88. The molecule has 5 heterocycles. The van der Waals surface area contributed by atoms with Crippen LogP contribution in [-0.4, -0.2) is 59.6 Å². The number of ether oxygens (including phenoxy) is 2. The summed E-state index contributed by atoms with van der Waals surface area (Å²) in [7, 11) is 1.56. The van der Waals surface area contributed by atoms with E-state index < -0.39 is 46.6 Å². The number of alkyl halides is 3. The van der Waals surface area contributed by atoms with Crippen molar-refractivity contribution in [2.24, 2.45) is 0 Å². The number of nitrogens with one attached hydrogen (secondary N) is 2. The van der Waals surface area contributed by atoms with Crippen LogP contribution < -0.4 is 30.7 Å². The van der Waals surface area contributed by atoms with Crippen LogP contribution in [0.25, 0.3) is 22.0 Å². The Bertz CT molecular complexity index is 1620. The van der Waals surface area contributed by atoms with Gasteiger partial charge in [-0.3, -0.25) is 10.1 Å². The predicted molar refractivity (Wildman–Crippen MR) is 140 cm³/mol. The fourth-order valence-electron chi connectivity index (χ4n) is 6.49. The molecule has 218 valence electrons. The molecule has 2 bridgehead atoms. The van der Waals surface area contributed by atoms with E-state index in [0.29, 0.717) is 36.0 Å². The SMILES string of the molecule is CNC(=O)C12CCC(N1)C1C(C)Oc3nc(-c4cc(N)cc(F)c4OC(F)(F)F)c(F)c4c(C)c(C)nc(c34)N1C2. The van der Waals surface area contributed by atoms with Crippen LogP contribution in [0.1, 0.15) is 31.0 Å². The van der Waals surface area contributed by atoms with Crippen molar-refractivity contribution in [2.75, 3.05) is 24.2 Å². The van der Waals surface area contributed by atoms with Gasteiger partial charge in [-0.25, -0.2) is 18.7 Å². The number of amides is 1. The number of nitrogen functional groups attached to an aromatic ring is 1. The number of anilines is 2. The van der Waals surface area contributed by atoms with Gasteiger partial charge in [-0.1, -0.05) is 0 Å². The van der Waals surface area contributed by atoms with Crippen LogP contribution in [0.2, 0.25) is 0 Å². The van der Waals surface area contributed by atoms with Gasteiger partial charge in [0.05, 0.1) is 17.0 Å². The van der Waals surface area contributed by atoms with Crippen molar-refractivity contribution in [1.82, 2.24) is 20.6 Å². The van der Waals surface area contributed by atoms with Gasteiger partial charge in [0.2, 0.25) is 11.8 Å². The molecule has 2 fully saturated rings. The Kier molecular flexibility index (Phi) is 6.00. The maximum Gasteiger partial charge on any atom is 0.573 e. The molecule has 2 aromatic heterocycles. The summed E-state index contributed by atoms with van der Waals surface area (Å²) in [6, 6.07) is 1.11. The zero-order chi connectivity index (χ0) is 29.6. The average molecular weight is 579 g/mol. The number of rotatable bonds is 3. The lowest BCUT2D eigenvalue weighted by molar-refractivity contribution is -0.275. The molecule has 9 nitrogen and oxygen atoms in total. The Hall–Kier alpha value is -3.94. The molecule has 4 N–H and O–H groups in total. The lowest BCUT2D eigenvalue weighted by atomic mass is 9.93. The van der Waals surface area contributed by atoms with Crippen LogP contribution in [0.3, 0.4) is 0 Å². The number of hydrogen-bond donors (Lipinski definition) is 3. The van der Waals surface area contributed by atoms with Crippen molar-refractivity contribution < 1.29 is 36.2 Å². The maximum absolute atomic E-state index is 16.5. The molecule has 1 aromatic carbocycles. The van der Waals surface area contributed by atoms with Crippen LogP contribution in [0.15, 0.2) is 12.1 Å². The van der Waals surface area contributed by atoms with Crippen molar-refractivity contribution in [3.63, 3.8) is 0 Å². The number of likely N-dealkylation sites (N-methyl/N-ethyl adjacent to an activating group) is 1. The van der Waals surface area contributed by atoms with Gasteiger partial charge in [0.25, 0.3) is 0 Å². The summed E-state index contributed by atoms with van der Waals surface area (Å²) >= 11 is 0. The Labute approximate surface area is 231 Å². The van der Waals surface area contributed by atoms with E-state index in [1.54, 1.807) is 27.8 Å². The molecule has 0 saturated carbocycles. The summed E-state index contributed by atoms with van der Waals surface area (Å²) in [4.78, 5) is 24.0. The number of hydrogen-bond acceptors (Lipinski definition) is 8. The fraction of sp³-hybridized carbons (Fsp3) is 0.444. The Balaban J connectivity index is 1.63. The van der Waals surface area contributed by atoms with Crippen LogP contribution in [-0.2, 0) is 4.79 Å². The van der Waals surface area contributed by atoms with Gasteiger partial charge in [0.1, 0.15) is 23.2 Å². The first kappa shape index (κ1) is 27.2. The third-order valence-corrected chi connectivity index (χ3v) is 8.33. The van der Waals surface area contributed by atoms with Crippen LogP contribution in [0, 0.1) is 25.5 Å². The number of benzene rings is 1. The standard InChI is InChI=1S/C27H27F5N6O3/c1-10-11(2)35-23-18-17(10)19(29)20(14-7-13(33)8-15(28)22(14)41-27(30,31)32)36-24(18)40-12(3)21-16-5-6-26(37-16,9-38(21)23)25(39)34-4/h7-8,12,16,21,37H,5-6,9,33H2,1-4H3,(H,34,39). The first-order chi connectivity index (χ1) is 19.2. The normalized spacial score (nSPS) is 25.0. The Morgan fingerprint density at radius 3 is 2.66 bits per heavy atom. The number of carbonyl (C=O) groups excluding carboxylic acids is 1. The highest BCUT2D eigenvalue weighted by molar-refractivity contribution is 6.02. The third-order valence-electron chi connectivity index (χ3n) is 8.33. The molecule has 1 amide bonds. The Morgan fingerprint density at radius 1 is 1.24 bits per heavy atom. The number of pyridine rings is 2. The number of fused-ring (bicyclic) bond motifs is 5. The summed E-state index contributed by atoms with van der Waals surface area (Å²) in [5, 5.41) is 6.38. The summed E-state index contributed by atoms with van der Waals surface area (Å²) in [6.45, 7) is 5.31. The first-order valence-corrected chi connectivity index (χ1v) is 13.0. The summed E-state index contributed by atoms with van der Waals surface area (Å²) < 4.78 is 81.3. The topological polar surface area (TPSA) is 115 Å². The highest BCUT2D eigenvalue weighted by atomic mass is 19.4. The van der Waals surface area contributed by atoms with Crippen molar-refractivity contribution in [1.29, 1.82) is 0 Å². The number of piperazine rings is 1. The van der Waals surface area contributed by atoms with Crippen molar-refractivity contribution in [3.8, 4) is 22.9 Å². The van der Waals surface area contributed by atoms with E-state index in [1.807, 2.05) is 4.90 Å². The van der Waals surface area contributed by atoms with E-state index >= 15 is 4.39 Å². The number of aryl methyl sites for hydroxylation is 2. The molecule has 14 heteroatoms. The lowest BCUT2D eigenvalue weighted by Gasteiger charge is -2.47. The van der Waals surface area contributed by atoms with E-state index in [0.717, 1.165) is 6.07 Å². The van der Waals surface area contributed by atoms with Crippen molar-refractivity contribution in [2.45, 2.75) is 63.7 Å². The van der Waals surface area contributed by atoms with Gasteiger partial charge < -0.3 is 25.4 Å². The second kappa shape index (κ2) is 9.03. The molecule has 3 aliphatic heterocycles. The fourth-order valence-corrected chi connectivity index (χ4v) is 6.49. The highest BCUT2D eigenvalue weighted by Crippen LogP contribution is 2.48. The molecule has 41 heavy (non-hydrogen) atoms.